The molecule has 0 atom stereocenters. The summed E-state index contributed by atoms with van der Waals surface area (Å²) in [4.78, 5) is 15.8. The molecule has 23 heavy (non-hydrogen) atoms. The SMILES string of the molecule is COC(=O)c1nccc2c(S(=O)(=O)NCC(C)(C)N)cccc12. The van der Waals surface area contributed by atoms with Gasteiger partial charge in [-0.05, 0) is 26.0 Å². The predicted molar refractivity (Wildman–Crippen MR) is 86.5 cm³/mol. The van der Waals surface area contributed by atoms with Crippen LogP contribution in [0.4, 0.5) is 0 Å². The molecule has 1 aromatic carbocycles. The summed E-state index contributed by atoms with van der Waals surface area (Å²) >= 11 is 0. The van der Waals surface area contributed by atoms with Crippen LogP contribution in [-0.4, -0.2) is 38.6 Å². The minimum atomic E-state index is -3.78. The van der Waals surface area contributed by atoms with Crippen LogP contribution in [0.3, 0.4) is 0 Å². The van der Waals surface area contributed by atoms with Crippen molar-refractivity contribution in [3.63, 3.8) is 0 Å². The number of ether oxygens (including phenoxy) is 1. The van der Waals surface area contributed by atoms with Crippen molar-refractivity contribution in [2.45, 2.75) is 24.3 Å². The van der Waals surface area contributed by atoms with Crippen LogP contribution in [0, 0.1) is 0 Å². The number of hydrogen-bond donors (Lipinski definition) is 2. The lowest BCUT2D eigenvalue weighted by atomic mass is 10.1. The molecule has 3 N–H and O–H groups in total. The second-order valence-electron chi connectivity index (χ2n) is 5.82. The highest BCUT2D eigenvalue weighted by atomic mass is 32.2. The van der Waals surface area contributed by atoms with Crippen LogP contribution < -0.4 is 10.5 Å². The smallest absolute Gasteiger partial charge is 0.357 e. The monoisotopic (exact) mass is 337 g/mol. The van der Waals surface area contributed by atoms with Crippen molar-refractivity contribution >= 4 is 26.8 Å². The number of fused-ring (bicyclic) bond motifs is 1. The number of nitrogens with two attached hydrogens (primary N) is 1. The van der Waals surface area contributed by atoms with Crippen LogP contribution in [0.2, 0.25) is 0 Å². The Hall–Kier alpha value is -2.03. The molecule has 0 radical (unpaired) electrons. The number of sulfonamides is 1. The number of rotatable bonds is 5. The van der Waals surface area contributed by atoms with Gasteiger partial charge in [0.25, 0.3) is 0 Å². The number of carbonyl (C=O) groups excluding carboxylic acids is 1. The summed E-state index contributed by atoms with van der Waals surface area (Å²) in [6.07, 6.45) is 1.38. The molecular weight excluding hydrogens is 318 g/mol. The molecule has 1 aromatic heterocycles. The lowest BCUT2D eigenvalue weighted by Crippen LogP contribution is -2.45. The number of carbonyl (C=O) groups is 1. The number of aromatic nitrogens is 1. The molecule has 2 rings (SSSR count). The summed E-state index contributed by atoms with van der Waals surface area (Å²) in [7, 11) is -2.53. The van der Waals surface area contributed by atoms with Crippen molar-refractivity contribution in [2.75, 3.05) is 13.7 Å². The van der Waals surface area contributed by atoms with E-state index in [1.807, 2.05) is 0 Å². The van der Waals surface area contributed by atoms with Gasteiger partial charge in [0, 0.05) is 29.1 Å². The molecule has 0 saturated carbocycles. The third-order valence-corrected chi connectivity index (χ3v) is 4.61. The van der Waals surface area contributed by atoms with Crippen molar-refractivity contribution < 1.29 is 17.9 Å². The lowest BCUT2D eigenvalue weighted by Gasteiger charge is -2.19. The van der Waals surface area contributed by atoms with Crippen LogP contribution in [0.25, 0.3) is 10.8 Å². The molecule has 0 bridgehead atoms. The minimum absolute atomic E-state index is 0.0619. The van der Waals surface area contributed by atoms with Gasteiger partial charge in [-0.25, -0.2) is 22.9 Å². The molecule has 0 aliphatic carbocycles. The average molecular weight is 337 g/mol. The molecule has 0 amide bonds. The summed E-state index contributed by atoms with van der Waals surface area (Å²) in [6.45, 7) is 3.52. The highest BCUT2D eigenvalue weighted by Gasteiger charge is 2.22. The van der Waals surface area contributed by atoms with Gasteiger partial charge in [-0.3, -0.25) is 0 Å². The van der Waals surface area contributed by atoms with Gasteiger partial charge in [0.2, 0.25) is 10.0 Å². The number of pyridine rings is 1. The first-order chi connectivity index (χ1) is 10.7. The van der Waals surface area contributed by atoms with E-state index >= 15 is 0 Å². The van der Waals surface area contributed by atoms with Gasteiger partial charge in [-0.1, -0.05) is 12.1 Å². The third kappa shape index (κ3) is 3.84. The first kappa shape index (κ1) is 17.3. The van der Waals surface area contributed by atoms with Crippen LogP contribution in [0.1, 0.15) is 24.3 Å². The van der Waals surface area contributed by atoms with Gasteiger partial charge in [0.15, 0.2) is 5.69 Å². The fourth-order valence-electron chi connectivity index (χ4n) is 2.03. The Morgan fingerprint density at radius 1 is 1.30 bits per heavy atom. The largest absolute Gasteiger partial charge is 0.464 e. The third-order valence-electron chi connectivity index (χ3n) is 3.15. The normalized spacial score (nSPS) is 12.3. The maximum atomic E-state index is 12.5. The summed E-state index contributed by atoms with van der Waals surface area (Å²) in [5.41, 5.74) is 5.20. The van der Waals surface area contributed by atoms with Crippen molar-refractivity contribution in [3.05, 3.63) is 36.2 Å². The van der Waals surface area contributed by atoms with Gasteiger partial charge in [-0.15, -0.1) is 0 Å². The van der Waals surface area contributed by atoms with E-state index in [4.69, 9.17) is 5.73 Å². The van der Waals surface area contributed by atoms with Crippen LogP contribution in [0.15, 0.2) is 35.4 Å². The summed E-state index contributed by atoms with van der Waals surface area (Å²) in [6, 6.07) is 6.19. The van der Waals surface area contributed by atoms with E-state index in [1.165, 1.54) is 19.4 Å². The number of esters is 1. The first-order valence-corrected chi connectivity index (χ1v) is 8.38. The summed E-state index contributed by atoms with van der Waals surface area (Å²) in [5, 5.41) is 0.805. The maximum Gasteiger partial charge on any atom is 0.357 e. The van der Waals surface area contributed by atoms with Crippen molar-refractivity contribution in [2.24, 2.45) is 5.73 Å². The van der Waals surface area contributed by atoms with E-state index in [2.05, 4.69) is 14.4 Å². The topological polar surface area (TPSA) is 111 Å². The lowest BCUT2D eigenvalue weighted by molar-refractivity contribution is 0.0596. The second-order valence-corrected chi connectivity index (χ2v) is 7.55. The summed E-state index contributed by atoms with van der Waals surface area (Å²) < 4.78 is 32.2. The molecule has 0 unspecified atom stereocenters. The maximum absolute atomic E-state index is 12.5. The molecule has 0 spiro atoms. The molecule has 0 saturated heterocycles. The van der Waals surface area contributed by atoms with Gasteiger partial charge < -0.3 is 10.5 Å². The van der Waals surface area contributed by atoms with Crippen molar-refractivity contribution in [3.8, 4) is 0 Å². The zero-order chi connectivity index (χ0) is 17.3. The number of benzene rings is 1. The Morgan fingerprint density at radius 3 is 2.61 bits per heavy atom. The molecule has 7 nitrogen and oxygen atoms in total. The fraction of sp³-hybridized carbons (Fsp3) is 0.333. The Bertz CT molecular complexity index is 841. The quantitative estimate of drug-likeness (QED) is 0.789. The molecular formula is C15H19N3O4S. The molecule has 124 valence electrons. The standard InChI is InChI=1S/C15H19N3O4S/c1-15(2,16)9-18-23(20,21)12-6-4-5-11-10(12)7-8-17-13(11)14(19)22-3/h4-8,18H,9,16H2,1-3H3. The molecule has 2 aromatic rings. The van der Waals surface area contributed by atoms with E-state index in [9.17, 15) is 13.2 Å². The number of nitrogens with one attached hydrogen (secondary N) is 1. The van der Waals surface area contributed by atoms with E-state index in [0.29, 0.717) is 10.8 Å². The first-order valence-electron chi connectivity index (χ1n) is 6.90. The Morgan fingerprint density at radius 2 is 2.00 bits per heavy atom. The Kier molecular flexibility index (Phi) is 4.69. The van der Waals surface area contributed by atoms with Crippen LogP contribution in [-0.2, 0) is 14.8 Å². The molecule has 8 heteroatoms. The Labute approximate surface area is 134 Å². The fourth-order valence-corrected chi connectivity index (χ4v) is 3.47. The second kappa shape index (κ2) is 6.23. The predicted octanol–water partition coefficient (Wildman–Crippen LogP) is 1.04. The molecule has 0 fully saturated rings. The van der Waals surface area contributed by atoms with Gasteiger partial charge in [-0.2, -0.15) is 0 Å². The van der Waals surface area contributed by atoms with Gasteiger partial charge >= 0.3 is 5.97 Å². The van der Waals surface area contributed by atoms with Gasteiger partial charge in [0.05, 0.1) is 12.0 Å². The number of hydrogen-bond acceptors (Lipinski definition) is 6. The molecule has 0 aliphatic heterocycles. The number of nitrogens with zero attached hydrogens (tertiary/aromatic N) is 1. The highest BCUT2D eigenvalue weighted by molar-refractivity contribution is 7.89. The average Bonchev–Trinajstić information content (AvgIpc) is 2.50. The van der Waals surface area contributed by atoms with Crippen LogP contribution in [0.5, 0.6) is 0 Å². The van der Waals surface area contributed by atoms with E-state index in [-0.39, 0.29) is 17.1 Å². The summed E-state index contributed by atoms with van der Waals surface area (Å²) in [5.74, 6) is -0.624. The number of methoxy groups -OCH3 is 1. The van der Waals surface area contributed by atoms with Crippen molar-refractivity contribution in [1.82, 2.24) is 9.71 Å². The van der Waals surface area contributed by atoms with E-state index in [1.54, 1.807) is 32.0 Å². The molecule has 0 aliphatic rings. The zero-order valence-corrected chi connectivity index (χ0v) is 14.0. The van der Waals surface area contributed by atoms with Crippen LogP contribution >= 0.6 is 0 Å². The molecule has 1 heterocycles. The van der Waals surface area contributed by atoms with E-state index in [0.717, 1.165) is 0 Å². The van der Waals surface area contributed by atoms with Gasteiger partial charge in [0.1, 0.15) is 0 Å². The Balaban J connectivity index is 2.56. The van der Waals surface area contributed by atoms with Crippen molar-refractivity contribution in [1.29, 1.82) is 0 Å². The van der Waals surface area contributed by atoms with E-state index < -0.39 is 21.5 Å². The minimum Gasteiger partial charge on any atom is -0.464 e. The zero-order valence-electron chi connectivity index (χ0n) is 13.2. The highest BCUT2D eigenvalue weighted by Crippen LogP contribution is 2.25.